The number of nitrogens with one attached hydrogen (secondary N) is 1. The molecule has 0 spiro atoms. The molecule has 4 heteroatoms. The summed E-state index contributed by atoms with van der Waals surface area (Å²) in [5.41, 5.74) is 2.57. The zero-order valence-electron chi connectivity index (χ0n) is 14.1. The topological polar surface area (TPSA) is 33.7 Å². The van der Waals surface area contributed by atoms with Crippen molar-refractivity contribution < 1.29 is 9.47 Å². The van der Waals surface area contributed by atoms with Gasteiger partial charge in [0.05, 0.1) is 7.11 Å². The summed E-state index contributed by atoms with van der Waals surface area (Å²) in [5, 5.41) is 3.44. The normalized spacial score (nSPS) is 15.9. The van der Waals surface area contributed by atoms with E-state index in [-0.39, 0.29) is 0 Å². The van der Waals surface area contributed by atoms with Gasteiger partial charge in [-0.05, 0) is 50.5 Å². The fourth-order valence-corrected chi connectivity index (χ4v) is 2.97. The predicted molar refractivity (Wildman–Crippen MR) is 90.3 cm³/mol. The Morgan fingerprint density at radius 1 is 1.14 bits per heavy atom. The van der Waals surface area contributed by atoms with Crippen LogP contribution in [0.3, 0.4) is 0 Å². The third-order valence-corrected chi connectivity index (χ3v) is 4.22. The molecule has 0 saturated carbocycles. The van der Waals surface area contributed by atoms with Crippen LogP contribution in [0.5, 0.6) is 5.75 Å². The minimum Gasteiger partial charge on any atom is -0.496 e. The molecule has 1 fully saturated rings. The number of likely N-dealkylation sites (tertiary alicyclic amines) is 1. The molecule has 0 bridgehead atoms. The molecule has 1 aromatic rings. The maximum atomic E-state index is 5.57. The van der Waals surface area contributed by atoms with Crippen LogP contribution in [0.4, 0.5) is 0 Å². The first-order valence-corrected chi connectivity index (χ1v) is 8.41. The van der Waals surface area contributed by atoms with Crippen LogP contribution < -0.4 is 10.1 Å². The Hall–Kier alpha value is -1.10. The summed E-state index contributed by atoms with van der Waals surface area (Å²) in [6, 6.07) is 6.63. The second kappa shape index (κ2) is 9.82. The van der Waals surface area contributed by atoms with Crippen molar-refractivity contribution >= 4 is 0 Å². The second-order valence-electron chi connectivity index (χ2n) is 6.01. The van der Waals surface area contributed by atoms with Crippen LogP contribution in [0.25, 0.3) is 0 Å². The molecule has 1 aliphatic heterocycles. The van der Waals surface area contributed by atoms with E-state index in [0.717, 1.165) is 38.4 Å². The Kier molecular flexibility index (Phi) is 7.71. The van der Waals surface area contributed by atoms with Gasteiger partial charge in [0.25, 0.3) is 0 Å². The monoisotopic (exact) mass is 306 g/mol. The van der Waals surface area contributed by atoms with E-state index < -0.39 is 0 Å². The van der Waals surface area contributed by atoms with Gasteiger partial charge in [-0.25, -0.2) is 0 Å². The number of nitrogens with zero attached hydrogens (tertiary/aromatic N) is 1. The molecule has 22 heavy (non-hydrogen) atoms. The lowest BCUT2D eigenvalue weighted by Gasteiger charge is -2.26. The number of hydrogen-bond acceptors (Lipinski definition) is 4. The Bertz CT molecular complexity index is 431. The van der Waals surface area contributed by atoms with E-state index in [0.29, 0.717) is 0 Å². The van der Waals surface area contributed by atoms with Gasteiger partial charge < -0.3 is 14.8 Å². The minimum atomic E-state index is 0.804. The maximum Gasteiger partial charge on any atom is 0.123 e. The van der Waals surface area contributed by atoms with E-state index in [1.165, 1.54) is 43.5 Å². The molecule has 1 N–H and O–H groups in total. The summed E-state index contributed by atoms with van der Waals surface area (Å²) in [4.78, 5) is 2.54. The molecule has 0 atom stereocenters. The standard InChI is InChI=1S/C18H30N2O2/c1-21-12-6-9-19-14-17-8-7-16(13-18(17)22-2)15-20-10-4-3-5-11-20/h7-8,13,19H,3-6,9-12,14-15H2,1-2H3. The summed E-state index contributed by atoms with van der Waals surface area (Å²) in [6.07, 6.45) is 5.08. The molecular formula is C18H30N2O2. The first kappa shape index (κ1) is 17.3. The van der Waals surface area contributed by atoms with Crippen LogP contribution in [0.1, 0.15) is 36.8 Å². The Morgan fingerprint density at radius 3 is 2.68 bits per heavy atom. The molecule has 1 aromatic carbocycles. The highest BCUT2D eigenvalue weighted by atomic mass is 16.5. The molecule has 0 aromatic heterocycles. The molecule has 0 aliphatic carbocycles. The van der Waals surface area contributed by atoms with Gasteiger partial charge in [-0.1, -0.05) is 18.6 Å². The summed E-state index contributed by atoms with van der Waals surface area (Å²) in [7, 11) is 3.50. The number of methoxy groups -OCH3 is 2. The van der Waals surface area contributed by atoms with Crippen molar-refractivity contribution in [2.45, 2.75) is 38.8 Å². The Morgan fingerprint density at radius 2 is 1.95 bits per heavy atom. The third kappa shape index (κ3) is 5.59. The molecule has 4 nitrogen and oxygen atoms in total. The molecule has 1 saturated heterocycles. The van der Waals surface area contributed by atoms with Crippen LogP contribution in [-0.2, 0) is 17.8 Å². The zero-order chi connectivity index (χ0) is 15.6. The van der Waals surface area contributed by atoms with Gasteiger partial charge in [-0.3, -0.25) is 4.90 Å². The lowest BCUT2D eigenvalue weighted by Crippen LogP contribution is -2.29. The van der Waals surface area contributed by atoms with Crippen LogP contribution in [0.15, 0.2) is 18.2 Å². The van der Waals surface area contributed by atoms with Gasteiger partial charge in [0.1, 0.15) is 5.75 Å². The van der Waals surface area contributed by atoms with Crippen molar-refractivity contribution in [1.82, 2.24) is 10.2 Å². The van der Waals surface area contributed by atoms with E-state index in [9.17, 15) is 0 Å². The SMILES string of the molecule is COCCCNCc1ccc(CN2CCCCC2)cc1OC. The van der Waals surface area contributed by atoms with Crippen molar-refractivity contribution in [3.8, 4) is 5.75 Å². The molecule has 124 valence electrons. The number of benzene rings is 1. The average molecular weight is 306 g/mol. The van der Waals surface area contributed by atoms with Gasteiger partial charge in [-0.2, -0.15) is 0 Å². The quantitative estimate of drug-likeness (QED) is 0.711. The molecular weight excluding hydrogens is 276 g/mol. The van der Waals surface area contributed by atoms with E-state index in [2.05, 4.69) is 28.4 Å². The van der Waals surface area contributed by atoms with E-state index in [4.69, 9.17) is 9.47 Å². The van der Waals surface area contributed by atoms with Gasteiger partial charge in [0.15, 0.2) is 0 Å². The van der Waals surface area contributed by atoms with Crippen molar-refractivity contribution in [3.63, 3.8) is 0 Å². The van der Waals surface area contributed by atoms with Crippen LogP contribution >= 0.6 is 0 Å². The lowest BCUT2D eigenvalue weighted by molar-refractivity contribution is 0.194. The zero-order valence-corrected chi connectivity index (χ0v) is 14.1. The summed E-state index contributed by atoms with van der Waals surface area (Å²) < 4.78 is 10.6. The molecule has 0 unspecified atom stereocenters. The van der Waals surface area contributed by atoms with Crippen molar-refractivity contribution in [2.24, 2.45) is 0 Å². The maximum absolute atomic E-state index is 5.57. The van der Waals surface area contributed by atoms with Gasteiger partial charge >= 0.3 is 0 Å². The van der Waals surface area contributed by atoms with Crippen LogP contribution in [-0.4, -0.2) is 45.4 Å². The summed E-state index contributed by atoms with van der Waals surface area (Å²) >= 11 is 0. The molecule has 1 heterocycles. The van der Waals surface area contributed by atoms with E-state index in [1.54, 1.807) is 14.2 Å². The first-order chi connectivity index (χ1) is 10.8. The second-order valence-corrected chi connectivity index (χ2v) is 6.01. The molecule has 2 rings (SSSR count). The summed E-state index contributed by atoms with van der Waals surface area (Å²) in [5.74, 6) is 0.994. The van der Waals surface area contributed by atoms with Crippen molar-refractivity contribution in [3.05, 3.63) is 29.3 Å². The molecule has 0 amide bonds. The fourth-order valence-electron chi connectivity index (χ4n) is 2.97. The highest BCUT2D eigenvalue weighted by Crippen LogP contribution is 2.22. The number of ether oxygens (including phenoxy) is 2. The third-order valence-electron chi connectivity index (χ3n) is 4.22. The highest BCUT2D eigenvalue weighted by molar-refractivity contribution is 5.37. The van der Waals surface area contributed by atoms with E-state index >= 15 is 0 Å². The number of rotatable bonds is 9. The summed E-state index contributed by atoms with van der Waals surface area (Å²) in [6.45, 7) is 6.11. The smallest absolute Gasteiger partial charge is 0.123 e. The fraction of sp³-hybridized carbons (Fsp3) is 0.667. The van der Waals surface area contributed by atoms with Crippen molar-refractivity contribution in [1.29, 1.82) is 0 Å². The number of piperidine rings is 1. The Balaban J connectivity index is 1.86. The van der Waals surface area contributed by atoms with Crippen molar-refractivity contribution in [2.75, 3.05) is 40.5 Å². The van der Waals surface area contributed by atoms with Crippen LogP contribution in [0.2, 0.25) is 0 Å². The highest BCUT2D eigenvalue weighted by Gasteiger charge is 2.11. The minimum absolute atomic E-state index is 0.804. The Labute approximate surface area is 134 Å². The number of hydrogen-bond donors (Lipinski definition) is 1. The van der Waals surface area contributed by atoms with E-state index in [1.807, 2.05) is 0 Å². The molecule has 0 radical (unpaired) electrons. The van der Waals surface area contributed by atoms with Gasteiger partial charge in [-0.15, -0.1) is 0 Å². The first-order valence-electron chi connectivity index (χ1n) is 8.41. The molecule has 1 aliphatic rings. The van der Waals surface area contributed by atoms with Gasteiger partial charge in [0, 0.05) is 32.4 Å². The largest absolute Gasteiger partial charge is 0.496 e. The lowest BCUT2D eigenvalue weighted by atomic mass is 10.1. The van der Waals surface area contributed by atoms with Crippen LogP contribution in [0, 0.1) is 0 Å². The predicted octanol–water partition coefficient (Wildman–Crippen LogP) is 2.81. The van der Waals surface area contributed by atoms with Gasteiger partial charge in [0.2, 0.25) is 0 Å². The average Bonchev–Trinajstić information content (AvgIpc) is 2.56.